The minimum Gasteiger partial charge on any atom is -0.350 e. The van der Waals surface area contributed by atoms with Gasteiger partial charge in [-0.3, -0.25) is 0 Å². The van der Waals surface area contributed by atoms with Gasteiger partial charge in [-0.15, -0.1) is 10.2 Å². The van der Waals surface area contributed by atoms with E-state index in [1.165, 1.54) is 10.5 Å². The smallest absolute Gasteiger partial charge is 0.170 e. The van der Waals surface area contributed by atoms with Gasteiger partial charge in [-0.2, -0.15) is 0 Å². The second-order valence-electron chi connectivity index (χ2n) is 7.85. The van der Waals surface area contributed by atoms with Gasteiger partial charge in [0.1, 0.15) is 0 Å². The Morgan fingerprint density at radius 1 is 0.933 bits per heavy atom. The van der Waals surface area contributed by atoms with Crippen molar-refractivity contribution in [2.24, 2.45) is 0 Å². The van der Waals surface area contributed by atoms with Gasteiger partial charge in [0.05, 0.1) is 13.2 Å². The van der Waals surface area contributed by atoms with Crippen molar-refractivity contribution in [3.8, 4) is 22.8 Å². The Balaban J connectivity index is 1.29. The minimum absolute atomic E-state index is 0.347. The number of aryl methyl sites for hydroxylation is 1. The van der Waals surface area contributed by atoms with Crippen molar-refractivity contribution in [1.82, 2.24) is 19.5 Å². The van der Waals surface area contributed by atoms with Crippen molar-refractivity contribution < 1.29 is 9.47 Å². The SMILES string of the molecule is Cc1ccc(-c2nnc(-c3ccccc3)[nH]2)cc1SN1CCC2(CC1)OCCCO2. The molecule has 2 fully saturated rings. The van der Waals surface area contributed by atoms with Crippen molar-refractivity contribution >= 4 is 11.9 Å². The van der Waals surface area contributed by atoms with Gasteiger partial charge in [0, 0.05) is 42.0 Å². The molecule has 0 amide bonds. The van der Waals surface area contributed by atoms with Crippen LogP contribution in [-0.2, 0) is 9.47 Å². The monoisotopic (exact) mass is 422 g/mol. The standard InChI is InChI=1S/C23H26N4O2S/c1-17-8-9-19(22-24-21(25-26-22)18-6-3-2-4-7-18)16-20(17)30-27-12-10-23(11-13-27)28-14-5-15-29-23/h2-4,6-9,16H,5,10-15H2,1H3,(H,24,25,26). The average Bonchev–Trinajstić information content (AvgIpc) is 3.29. The van der Waals surface area contributed by atoms with Crippen molar-refractivity contribution in [3.63, 3.8) is 0 Å². The molecule has 3 aromatic rings. The number of nitrogens with zero attached hydrogens (tertiary/aromatic N) is 3. The van der Waals surface area contributed by atoms with E-state index in [0.29, 0.717) is 0 Å². The van der Waals surface area contributed by atoms with Crippen LogP contribution in [0.4, 0.5) is 0 Å². The van der Waals surface area contributed by atoms with Gasteiger partial charge in [0.25, 0.3) is 0 Å². The Morgan fingerprint density at radius 3 is 2.37 bits per heavy atom. The summed E-state index contributed by atoms with van der Waals surface area (Å²) in [7, 11) is 0. The maximum absolute atomic E-state index is 5.97. The molecule has 2 aliphatic heterocycles. The lowest BCUT2D eigenvalue weighted by atomic mass is 10.0. The number of piperidine rings is 1. The molecule has 7 heteroatoms. The van der Waals surface area contributed by atoms with Crippen LogP contribution in [0.2, 0.25) is 0 Å². The number of nitrogens with one attached hydrogen (secondary N) is 1. The lowest BCUT2D eigenvalue weighted by Gasteiger charge is -2.43. The van der Waals surface area contributed by atoms with Gasteiger partial charge < -0.3 is 14.5 Å². The molecule has 0 unspecified atom stereocenters. The van der Waals surface area contributed by atoms with Crippen LogP contribution in [0.3, 0.4) is 0 Å². The van der Waals surface area contributed by atoms with E-state index in [0.717, 1.165) is 68.3 Å². The zero-order valence-corrected chi connectivity index (χ0v) is 18.0. The molecule has 2 aromatic carbocycles. The zero-order chi connectivity index (χ0) is 20.4. The molecule has 6 nitrogen and oxygen atoms in total. The molecule has 0 bridgehead atoms. The number of aromatic nitrogens is 3. The van der Waals surface area contributed by atoms with Gasteiger partial charge in [-0.1, -0.05) is 42.5 Å². The van der Waals surface area contributed by atoms with Gasteiger partial charge >= 0.3 is 0 Å². The predicted molar refractivity (Wildman–Crippen MR) is 118 cm³/mol. The predicted octanol–water partition coefficient (Wildman–Crippen LogP) is 4.68. The highest BCUT2D eigenvalue weighted by Gasteiger charge is 2.38. The molecule has 1 aromatic heterocycles. The van der Waals surface area contributed by atoms with E-state index in [4.69, 9.17) is 9.47 Å². The molecule has 0 aliphatic carbocycles. The minimum atomic E-state index is -0.347. The Bertz CT molecular complexity index is 991. The lowest BCUT2D eigenvalue weighted by molar-refractivity contribution is -0.280. The van der Waals surface area contributed by atoms with Crippen LogP contribution in [0.15, 0.2) is 53.4 Å². The van der Waals surface area contributed by atoms with E-state index >= 15 is 0 Å². The molecule has 30 heavy (non-hydrogen) atoms. The fraction of sp³-hybridized carbons (Fsp3) is 0.391. The van der Waals surface area contributed by atoms with Gasteiger partial charge in [0.15, 0.2) is 17.4 Å². The van der Waals surface area contributed by atoms with Gasteiger partial charge in [0.2, 0.25) is 0 Å². The summed E-state index contributed by atoms with van der Waals surface area (Å²) in [6.07, 6.45) is 2.84. The van der Waals surface area contributed by atoms with Crippen LogP contribution in [0.1, 0.15) is 24.8 Å². The van der Waals surface area contributed by atoms with E-state index in [1.807, 2.05) is 42.3 Å². The van der Waals surface area contributed by atoms with Crippen LogP contribution in [0.25, 0.3) is 22.8 Å². The van der Waals surface area contributed by atoms with Crippen LogP contribution < -0.4 is 0 Å². The molecule has 0 atom stereocenters. The molecule has 1 N–H and O–H groups in total. The first kappa shape index (κ1) is 19.8. The van der Waals surface area contributed by atoms with Crippen LogP contribution in [-0.4, -0.2) is 51.6 Å². The molecule has 0 saturated carbocycles. The van der Waals surface area contributed by atoms with Crippen LogP contribution in [0.5, 0.6) is 0 Å². The summed E-state index contributed by atoms with van der Waals surface area (Å²) in [5.41, 5.74) is 3.34. The summed E-state index contributed by atoms with van der Waals surface area (Å²) >= 11 is 1.81. The molecule has 1 spiro atoms. The fourth-order valence-electron chi connectivity index (χ4n) is 3.93. The van der Waals surface area contributed by atoms with Crippen molar-refractivity contribution in [2.75, 3.05) is 26.3 Å². The molecule has 2 saturated heterocycles. The number of rotatable bonds is 4. The molecular formula is C23H26N4O2S. The summed E-state index contributed by atoms with van der Waals surface area (Å²) in [5.74, 6) is 1.23. The molecular weight excluding hydrogens is 396 g/mol. The largest absolute Gasteiger partial charge is 0.350 e. The summed E-state index contributed by atoms with van der Waals surface area (Å²) in [6, 6.07) is 16.5. The maximum atomic E-state index is 5.97. The third kappa shape index (κ3) is 4.16. The van der Waals surface area contributed by atoms with E-state index in [-0.39, 0.29) is 5.79 Å². The second kappa shape index (κ2) is 8.51. The Labute approximate surface area is 181 Å². The first-order valence-corrected chi connectivity index (χ1v) is 11.3. The summed E-state index contributed by atoms with van der Waals surface area (Å²) in [5, 5.41) is 8.70. The molecule has 2 aliphatic rings. The summed E-state index contributed by atoms with van der Waals surface area (Å²) in [4.78, 5) is 4.60. The second-order valence-corrected chi connectivity index (χ2v) is 8.99. The highest BCUT2D eigenvalue weighted by Crippen LogP contribution is 2.37. The number of hydrogen-bond acceptors (Lipinski definition) is 6. The molecule has 0 radical (unpaired) electrons. The van der Waals surface area contributed by atoms with Crippen LogP contribution in [0, 0.1) is 6.92 Å². The normalized spacial score (nSPS) is 19.2. The molecule has 5 rings (SSSR count). The quantitative estimate of drug-likeness (QED) is 0.616. The van der Waals surface area contributed by atoms with E-state index in [1.54, 1.807) is 0 Å². The Kier molecular flexibility index (Phi) is 5.60. The Hall–Kier alpha value is -2.19. The highest BCUT2D eigenvalue weighted by molar-refractivity contribution is 7.97. The van der Waals surface area contributed by atoms with E-state index in [9.17, 15) is 0 Å². The van der Waals surface area contributed by atoms with Crippen molar-refractivity contribution in [1.29, 1.82) is 0 Å². The van der Waals surface area contributed by atoms with Crippen molar-refractivity contribution in [2.45, 2.75) is 36.9 Å². The summed E-state index contributed by atoms with van der Waals surface area (Å²) < 4.78 is 14.3. The number of H-pyrrole nitrogens is 1. The first-order chi connectivity index (χ1) is 14.7. The summed E-state index contributed by atoms with van der Waals surface area (Å²) in [6.45, 7) is 5.69. The molecule has 3 heterocycles. The van der Waals surface area contributed by atoms with Gasteiger partial charge in [-0.25, -0.2) is 4.31 Å². The van der Waals surface area contributed by atoms with Crippen molar-refractivity contribution in [3.05, 3.63) is 54.1 Å². The lowest BCUT2D eigenvalue weighted by Crippen LogP contribution is -2.48. The van der Waals surface area contributed by atoms with Gasteiger partial charge in [-0.05, 0) is 36.9 Å². The third-order valence-electron chi connectivity index (χ3n) is 5.73. The van der Waals surface area contributed by atoms with E-state index < -0.39 is 0 Å². The number of benzene rings is 2. The Morgan fingerprint density at radius 2 is 1.63 bits per heavy atom. The highest BCUT2D eigenvalue weighted by atomic mass is 32.2. The molecule has 156 valence electrons. The first-order valence-electron chi connectivity index (χ1n) is 10.5. The third-order valence-corrected chi connectivity index (χ3v) is 6.99. The fourth-order valence-corrected chi connectivity index (χ4v) is 4.96. The van der Waals surface area contributed by atoms with Crippen LogP contribution >= 0.6 is 11.9 Å². The topological polar surface area (TPSA) is 63.3 Å². The number of hydrogen-bond donors (Lipinski definition) is 1. The maximum Gasteiger partial charge on any atom is 0.170 e. The number of ether oxygens (including phenoxy) is 2. The number of aromatic amines is 1. The average molecular weight is 423 g/mol. The van der Waals surface area contributed by atoms with E-state index in [2.05, 4.69) is 44.6 Å². The zero-order valence-electron chi connectivity index (χ0n) is 17.1.